The Bertz CT molecular complexity index is 812. The number of nitrogens with one attached hydrogen (secondary N) is 1. The minimum atomic E-state index is -0.128. The van der Waals surface area contributed by atoms with Gasteiger partial charge in [-0.1, -0.05) is 12.1 Å². The number of hydrogen-bond acceptors (Lipinski definition) is 4. The van der Waals surface area contributed by atoms with Gasteiger partial charge in [0.2, 0.25) is 0 Å². The lowest BCUT2D eigenvalue weighted by Gasteiger charge is -2.07. The molecule has 0 spiro atoms. The zero-order valence-corrected chi connectivity index (χ0v) is 13.1. The fraction of sp³-hybridized carbons (Fsp3) is 0.118. The number of pyridine rings is 1. The zero-order chi connectivity index (χ0) is 15.5. The highest BCUT2D eigenvalue weighted by atomic mass is 32.1. The summed E-state index contributed by atoms with van der Waals surface area (Å²) in [6.45, 7) is 3.95. The molecule has 0 aliphatic carbocycles. The van der Waals surface area contributed by atoms with Gasteiger partial charge in [0, 0.05) is 28.9 Å². The molecule has 0 unspecified atom stereocenters. The number of carbonyl (C=O) groups excluding carboxylic acids is 1. The predicted molar refractivity (Wildman–Crippen MR) is 89.2 cm³/mol. The van der Waals surface area contributed by atoms with Gasteiger partial charge in [-0.2, -0.15) is 0 Å². The summed E-state index contributed by atoms with van der Waals surface area (Å²) >= 11 is 1.41. The van der Waals surface area contributed by atoms with E-state index in [-0.39, 0.29) is 5.91 Å². The molecule has 0 aliphatic heterocycles. The van der Waals surface area contributed by atoms with E-state index in [2.05, 4.69) is 15.3 Å². The van der Waals surface area contributed by atoms with Gasteiger partial charge in [-0.3, -0.25) is 15.1 Å². The lowest BCUT2D eigenvalue weighted by atomic mass is 10.0. The molecule has 1 aromatic carbocycles. The van der Waals surface area contributed by atoms with Crippen molar-refractivity contribution in [1.82, 2.24) is 9.97 Å². The van der Waals surface area contributed by atoms with Gasteiger partial charge < -0.3 is 0 Å². The normalized spacial score (nSPS) is 10.5. The van der Waals surface area contributed by atoms with E-state index in [1.807, 2.05) is 49.6 Å². The summed E-state index contributed by atoms with van der Waals surface area (Å²) in [7, 11) is 0. The van der Waals surface area contributed by atoms with Crippen molar-refractivity contribution in [3.63, 3.8) is 0 Å². The molecular weight excluding hydrogens is 294 g/mol. The molecule has 4 nitrogen and oxygen atoms in total. The molecule has 0 bridgehead atoms. The largest absolute Gasteiger partial charge is 0.298 e. The first-order valence-corrected chi connectivity index (χ1v) is 7.76. The Hall–Kier alpha value is -2.53. The lowest BCUT2D eigenvalue weighted by molar-refractivity contribution is 0.102. The number of rotatable bonds is 3. The van der Waals surface area contributed by atoms with Crippen LogP contribution in [0.5, 0.6) is 0 Å². The van der Waals surface area contributed by atoms with Gasteiger partial charge in [0.05, 0.1) is 5.69 Å². The smallest absolute Gasteiger partial charge is 0.257 e. The average molecular weight is 309 g/mol. The number of benzene rings is 1. The van der Waals surface area contributed by atoms with E-state index < -0.39 is 0 Å². The third kappa shape index (κ3) is 2.89. The van der Waals surface area contributed by atoms with E-state index in [1.54, 1.807) is 12.4 Å². The number of hydrogen-bond donors (Lipinski definition) is 1. The maximum atomic E-state index is 12.4. The summed E-state index contributed by atoms with van der Waals surface area (Å²) < 4.78 is 0. The Kier molecular flexibility index (Phi) is 3.98. The molecule has 110 valence electrons. The van der Waals surface area contributed by atoms with Crippen molar-refractivity contribution in [3.8, 4) is 11.3 Å². The minimum absolute atomic E-state index is 0.128. The van der Waals surface area contributed by atoms with Crippen LogP contribution in [-0.2, 0) is 0 Å². The molecule has 0 aliphatic rings. The predicted octanol–water partition coefficient (Wildman–Crippen LogP) is 4.07. The van der Waals surface area contributed by atoms with Crippen LogP contribution in [0.3, 0.4) is 0 Å². The topological polar surface area (TPSA) is 54.9 Å². The van der Waals surface area contributed by atoms with Crippen LogP contribution in [0.4, 0.5) is 5.13 Å². The third-order valence-electron chi connectivity index (χ3n) is 3.55. The van der Waals surface area contributed by atoms with E-state index in [0.29, 0.717) is 10.7 Å². The molecule has 1 N–H and O–H groups in total. The fourth-order valence-electron chi connectivity index (χ4n) is 2.15. The lowest BCUT2D eigenvalue weighted by Crippen LogP contribution is -2.13. The summed E-state index contributed by atoms with van der Waals surface area (Å²) in [6.07, 6.45) is 3.45. The number of aryl methyl sites for hydroxylation is 1. The fourth-order valence-corrected chi connectivity index (χ4v) is 2.86. The van der Waals surface area contributed by atoms with Crippen molar-refractivity contribution in [3.05, 3.63) is 64.8 Å². The molecule has 3 rings (SSSR count). The minimum Gasteiger partial charge on any atom is -0.298 e. The standard InChI is InChI=1S/C17H15N3OS/c1-11-4-3-5-14(12(11)2)16(21)20-17-19-15(10-22-17)13-6-8-18-9-7-13/h3-10H,1-2H3,(H,19,20,21). The summed E-state index contributed by atoms with van der Waals surface area (Å²) in [5, 5.41) is 5.39. The number of aromatic nitrogens is 2. The molecule has 0 saturated carbocycles. The molecule has 1 amide bonds. The quantitative estimate of drug-likeness (QED) is 0.793. The van der Waals surface area contributed by atoms with E-state index in [0.717, 1.165) is 22.4 Å². The first-order chi connectivity index (χ1) is 10.6. The van der Waals surface area contributed by atoms with E-state index >= 15 is 0 Å². The van der Waals surface area contributed by atoms with Crippen LogP contribution in [0.1, 0.15) is 21.5 Å². The van der Waals surface area contributed by atoms with Crippen molar-refractivity contribution in [1.29, 1.82) is 0 Å². The third-order valence-corrected chi connectivity index (χ3v) is 4.31. The Balaban J connectivity index is 1.81. The maximum Gasteiger partial charge on any atom is 0.257 e. The van der Waals surface area contributed by atoms with Gasteiger partial charge in [-0.05, 0) is 43.2 Å². The van der Waals surface area contributed by atoms with Crippen molar-refractivity contribution >= 4 is 22.4 Å². The summed E-state index contributed by atoms with van der Waals surface area (Å²) in [5.41, 5.74) is 4.60. The van der Waals surface area contributed by atoms with Crippen LogP contribution in [-0.4, -0.2) is 15.9 Å². The second-order valence-electron chi connectivity index (χ2n) is 4.98. The molecule has 0 radical (unpaired) electrons. The second kappa shape index (κ2) is 6.07. The number of amides is 1. The van der Waals surface area contributed by atoms with E-state index in [4.69, 9.17) is 0 Å². The average Bonchev–Trinajstić information content (AvgIpc) is 2.99. The summed E-state index contributed by atoms with van der Waals surface area (Å²) in [5.74, 6) is -0.128. The molecule has 5 heteroatoms. The van der Waals surface area contributed by atoms with Gasteiger partial charge in [0.25, 0.3) is 5.91 Å². The first-order valence-electron chi connectivity index (χ1n) is 6.88. The molecule has 2 heterocycles. The maximum absolute atomic E-state index is 12.4. The monoisotopic (exact) mass is 309 g/mol. The van der Waals surface area contributed by atoms with E-state index in [1.165, 1.54) is 11.3 Å². The highest BCUT2D eigenvalue weighted by Crippen LogP contribution is 2.25. The van der Waals surface area contributed by atoms with Gasteiger partial charge in [-0.15, -0.1) is 11.3 Å². The van der Waals surface area contributed by atoms with Crippen molar-refractivity contribution < 1.29 is 4.79 Å². The SMILES string of the molecule is Cc1cccc(C(=O)Nc2nc(-c3ccncc3)cs2)c1C. The van der Waals surface area contributed by atoms with Crippen molar-refractivity contribution in [2.24, 2.45) is 0 Å². The molecule has 3 aromatic rings. The molecular formula is C17H15N3OS. The number of nitrogens with zero attached hydrogens (tertiary/aromatic N) is 2. The van der Waals surface area contributed by atoms with Crippen LogP contribution in [0, 0.1) is 13.8 Å². The van der Waals surface area contributed by atoms with Crippen LogP contribution >= 0.6 is 11.3 Å². The zero-order valence-electron chi connectivity index (χ0n) is 12.3. The highest BCUT2D eigenvalue weighted by molar-refractivity contribution is 7.14. The molecule has 0 atom stereocenters. The molecule has 2 aromatic heterocycles. The number of thiazole rings is 1. The number of anilines is 1. The first kappa shape index (κ1) is 14.4. The summed E-state index contributed by atoms with van der Waals surface area (Å²) in [4.78, 5) is 20.8. The van der Waals surface area contributed by atoms with Crippen LogP contribution in [0.15, 0.2) is 48.1 Å². The van der Waals surface area contributed by atoms with Crippen LogP contribution in [0.25, 0.3) is 11.3 Å². The van der Waals surface area contributed by atoms with Crippen molar-refractivity contribution in [2.45, 2.75) is 13.8 Å². The van der Waals surface area contributed by atoms with Gasteiger partial charge >= 0.3 is 0 Å². The Morgan fingerprint density at radius 1 is 1.14 bits per heavy atom. The molecule has 0 fully saturated rings. The van der Waals surface area contributed by atoms with Crippen LogP contribution < -0.4 is 5.32 Å². The Morgan fingerprint density at radius 3 is 2.68 bits per heavy atom. The van der Waals surface area contributed by atoms with Gasteiger partial charge in [-0.25, -0.2) is 4.98 Å². The van der Waals surface area contributed by atoms with Gasteiger partial charge in [0.1, 0.15) is 0 Å². The molecule has 0 saturated heterocycles. The highest BCUT2D eigenvalue weighted by Gasteiger charge is 2.12. The second-order valence-corrected chi connectivity index (χ2v) is 5.83. The van der Waals surface area contributed by atoms with Crippen molar-refractivity contribution in [2.75, 3.05) is 5.32 Å². The Labute approximate surface area is 132 Å². The Morgan fingerprint density at radius 2 is 1.91 bits per heavy atom. The van der Waals surface area contributed by atoms with E-state index in [9.17, 15) is 4.79 Å². The van der Waals surface area contributed by atoms with Gasteiger partial charge in [0.15, 0.2) is 5.13 Å². The molecule has 22 heavy (non-hydrogen) atoms. The van der Waals surface area contributed by atoms with Crippen LogP contribution in [0.2, 0.25) is 0 Å². The number of carbonyl (C=O) groups is 1. The summed E-state index contributed by atoms with van der Waals surface area (Å²) in [6, 6.07) is 9.50.